The van der Waals surface area contributed by atoms with Crippen molar-refractivity contribution in [3.63, 3.8) is 0 Å². The molecule has 0 aromatic rings. The van der Waals surface area contributed by atoms with Gasteiger partial charge in [-0.05, 0) is 31.6 Å². The zero-order valence-corrected chi connectivity index (χ0v) is 67.1. The highest BCUT2D eigenvalue weighted by atomic mass is 31.2. The molecule has 100 heavy (non-hydrogen) atoms. The number of carbonyl (C=O) groups excluding carboxylic acids is 4. The highest BCUT2D eigenvalue weighted by molar-refractivity contribution is 7.47. The van der Waals surface area contributed by atoms with Crippen LogP contribution in [0.4, 0.5) is 0 Å². The average Bonchev–Trinajstić information content (AvgIpc) is 0.952. The largest absolute Gasteiger partial charge is 0.472 e. The van der Waals surface area contributed by atoms with Crippen molar-refractivity contribution in [1.29, 1.82) is 0 Å². The fourth-order valence-corrected chi connectivity index (χ4v) is 14.2. The van der Waals surface area contributed by atoms with E-state index in [2.05, 4.69) is 34.6 Å². The summed E-state index contributed by atoms with van der Waals surface area (Å²) in [6.45, 7) is 7.36. The molecular weight excluding hydrogens is 1310 g/mol. The molecule has 5 atom stereocenters. The minimum atomic E-state index is -4.96. The average molecular weight is 1470 g/mol. The van der Waals surface area contributed by atoms with Crippen LogP contribution in [0.3, 0.4) is 0 Å². The quantitative estimate of drug-likeness (QED) is 0.0222. The summed E-state index contributed by atoms with van der Waals surface area (Å²) in [5.74, 6) is -1.30. The van der Waals surface area contributed by atoms with Gasteiger partial charge >= 0.3 is 39.5 Å². The lowest BCUT2D eigenvalue weighted by molar-refractivity contribution is -0.161. The third kappa shape index (κ3) is 74.3. The molecule has 2 unspecified atom stereocenters. The molecule has 0 aromatic carbocycles. The number of ether oxygens (including phenoxy) is 4. The molecular formula is C81H158O17P2. The molecule has 0 rings (SSSR count). The summed E-state index contributed by atoms with van der Waals surface area (Å²) in [7, 11) is -9.92. The molecule has 0 aromatic heterocycles. The topological polar surface area (TPSA) is 237 Å². The maximum absolute atomic E-state index is 13.1. The van der Waals surface area contributed by atoms with Gasteiger partial charge in [0.05, 0.1) is 26.4 Å². The first-order valence-electron chi connectivity index (χ1n) is 42.1. The summed E-state index contributed by atoms with van der Waals surface area (Å²) in [5.41, 5.74) is 0. The molecule has 0 heterocycles. The maximum Gasteiger partial charge on any atom is 0.472 e. The second kappa shape index (κ2) is 73.9. The summed E-state index contributed by atoms with van der Waals surface area (Å²) in [5, 5.41) is 10.6. The van der Waals surface area contributed by atoms with Crippen LogP contribution < -0.4 is 0 Å². The number of unbranched alkanes of at least 4 members (excludes halogenated alkanes) is 53. The van der Waals surface area contributed by atoms with Gasteiger partial charge in [-0.2, -0.15) is 0 Å². The molecule has 0 saturated carbocycles. The first-order valence-corrected chi connectivity index (χ1v) is 45.1. The third-order valence-corrected chi connectivity index (χ3v) is 20.9. The van der Waals surface area contributed by atoms with Crippen LogP contribution in [0.1, 0.15) is 433 Å². The van der Waals surface area contributed by atoms with Gasteiger partial charge in [0.15, 0.2) is 12.2 Å². The molecule has 0 saturated heterocycles. The predicted octanol–water partition coefficient (Wildman–Crippen LogP) is 24.4. The normalized spacial score (nSPS) is 13.8. The molecule has 3 N–H and O–H groups in total. The van der Waals surface area contributed by atoms with E-state index in [4.69, 9.17) is 37.0 Å². The van der Waals surface area contributed by atoms with E-state index >= 15 is 0 Å². The monoisotopic (exact) mass is 1470 g/mol. The van der Waals surface area contributed by atoms with Crippen molar-refractivity contribution in [3.05, 3.63) is 0 Å². The summed E-state index contributed by atoms with van der Waals surface area (Å²) >= 11 is 0. The minimum Gasteiger partial charge on any atom is -0.462 e. The number of hydrogen-bond acceptors (Lipinski definition) is 15. The van der Waals surface area contributed by atoms with E-state index in [1.807, 2.05) is 0 Å². The summed E-state index contributed by atoms with van der Waals surface area (Å²) in [6, 6.07) is 0. The van der Waals surface area contributed by atoms with E-state index in [0.717, 1.165) is 95.8 Å². The number of phosphoric ester groups is 2. The number of rotatable bonds is 81. The molecule has 0 aliphatic heterocycles. The van der Waals surface area contributed by atoms with Gasteiger partial charge in [-0.15, -0.1) is 0 Å². The van der Waals surface area contributed by atoms with Crippen molar-refractivity contribution in [2.24, 2.45) is 5.92 Å². The van der Waals surface area contributed by atoms with E-state index in [1.165, 1.54) is 257 Å². The zero-order chi connectivity index (χ0) is 73.4. The highest BCUT2D eigenvalue weighted by Gasteiger charge is 2.30. The van der Waals surface area contributed by atoms with E-state index in [-0.39, 0.29) is 25.7 Å². The molecule has 0 amide bonds. The Balaban J connectivity index is 5.25. The number of aliphatic hydroxyl groups is 1. The van der Waals surface area contributed by atoms with E-state index in [1.54, 1.807) is 0 Å². The van der Waals surface area contributed by atoms with Crippen molar-refractivity contribution in [1.82, 2.24) is 0 Å². The lowest BCUT2D eigenvalue weighted by Crippen LogP contribution is -2.30. The Kier molecular flexibility index (Phi) is 72.5. The molecule has 17 nitrogen and oxygen atoms in total. The van der Waals surface area contributed by atoms with Crippen LogP contribution in [0.15, 0.2) is 0 Å². The van der Waals surface area contributed by atoms with Crippen LogP contribution in [-0.4, -0.2) is 96.7 Å². The lowest BCUT2D eigenvalue weighted by atomic mass is 10.0. The van der Waals surface area contributed by atoms with Crippen molar-refractivity contribution in [2.45, 2.75) is 451 Å². The molecule has 0 aliphatic rings. The van der Waals surface area contributed by atoms with Crippen LogP contribution >= 0.6 is 15.6 Å². The summed E-state index contributed by atoms with van der Waals surface area (Å²) < 4.78 is 68.7. The standard InChI is InChI=1S/C81H158O17P2/c1-6-9-12-15-18-21-24-26-28-32-35-40-45-50-55-60-65-79(84)92-71-77(98-81(86)67-62-57-52-47-42-37-33-29-31-34-39-43-48-53-58-63-74(4)5)73-96-100(89,90)94-69-75(82)68-93-99(87,88)95-72-76(70-91-78(83)64-59-54-49-44-38-23-20-17-14-11-8-3)97-80(85)66-61-56-51-46-41-36-30-27-25-22-19-16-13-10-7-2/h74-77,82H,6-73H2,1-5H3,(H,87,88)(H,89,90)/t75-,76+,77+/m0/s1. The lowest BCUT2D eigenvalue weighted by Gasteiger charge is -2.21. The Bertz CT molecular complexity index is 1910. The number of aliphatic hydroxyl groups excluding tert-OH is 1. The number of phosphoric acid groups is 2. The van der Waals surface area contributed by atoms with E-state index in [9.17, 15) is 43.2 Å². The first-order chi connectivity index (χ1) is 48.5. The number of esters is 4. The predicted molar refractivity (Wildman–Crippen MR) is 409 cm³/mol. The third-order valence-electron chi connectivity index (χ3n) is 19.0. The van der Waals surface area contributed by atoms with Gasteiger partial charge in [-0.3, -0.25) is 37.3 Å². The highest BCUT2D eigenvalue weighted by Crippen LogP contribution is 2.45. The van der Waals surface area contributed by atoms with Gasteiger partial charge in [-0.1, -0.05) is 381 Å². The van der Waals surface area contributed by atoms with Crippen molar-refractivity contribution < 1.29 is 80.2 Å². The molecule has 0 radical (unpaired) electrons. The van der Waals surface area contributed by atoms with Gasteiger partial charge in [0, 0.05) is 25.7 Å². The fraction of sp³-hybridized carbons (Fsp3) is 0.951. The van der Waals surface area contributed by atoms with Crippen LogP contribution in [0.5, 0.6) is 0 Å². The Labute approximate surface area is 613 Å². The van der Waals surface area contributed by atoms with Crippen molar-refractivity contribution >= 4 is 39.5 Å². The Morgan fingerprint density at radius 3 is 0.680 bits per heavy atom. The van der Waals surface area contributed by atoms with Crippen LogP contribution in [-0.2, 0) is 65.4 Å². The van der Waals surface area contributed by atoms with Gasteiger partial charge in [0.25, 0.3) is 0 Å². The van der Waals surface area contributed by atoms with E-state index in [0.29, 0.717) is 25.7 Å². The molecule has 0 aliphatic carbocycles. The van der Waals surface area contributed by atoms with Crippen LogP contribution in [0.2, 0.25) is 0 Å². The Morgan fingerprint density at radius 1 is 0.270 bits per heavy atom. The van der Waals surface area contributed by atoms with Crippen molar-refractivity contribution in [3.8, 4) is 0 Å². The van der Waals surface area contributed by atoms with Crippen LogP contribution in [0, 0.1) is 5.92 Å². The smallest absolute Gasteiger partial charge is 0.462 e. The summed E-state index contributed by atoms with van der Waals surface area (Å²) in [4.78, 5) is 73.0. The van der Waals surface area contributed by atoms with E-state index < -0.39 is 97.5 Å². The van der Waals surface area contributed by atoms with Crippen LogP contribution in [0.25, 0.3) is 0 Å². The zero-order valence-electron chi connectivity index (χ0n) is 65.3. The number of carbonyl (C=O) groups is 4. The molecule has 19 heteroatoms. The summed E-state index contributed by atoms with van der Waals surface area (Å²) in [6.07, 6.45) is 65.0. The van der Waals surface area contributed by atoms with Gasteiger partial charge in [0.2, 0.25) is 0 Å². The molecule has 0 bridgehead atoms. The first kappa shape index (κ1) is 98.1. The number of hydrogen-bond donors (Lipinski definition) is 3. The molecule has 594 valence electrons. The molecule has 0 fully saturated rings. The van der Waals surface area contributed by atoms with Gasteiger partial charge in [-0.25, -0.2) is 9.13 Å². The second-order valence-corrected chi connectivity index (χ2v) is 32.5. The molecule has 0 spiro atoms. The Morgan fingerprint density at radius 2 is 0.460 bits per heavy atom. The Hall–Kier alpha value is -1.94. The van der Waals surface area contributed by atoms with Gasteiger partial charge < -0.3 is 33.8 Å². The second-order valence-electron chi connectivity index (χ2n) is 29.6. The SMILES string of the molecule is CCCCCCCCCCCCCCCCCCC(=O)OC[C@H](COP(=O)(O)OC[C@@H](O)COP(=O)(O)OC[C@@H](COC(=O)CCCCCCCCCCCCC)OC(=O)CCCCCCCCCCCCCCCCC)OC(=O)CCCCCCCCCCCCCCCCCC(C)C. The van der Waals surface area contributed by atoms with Gasteiger partial charge in [0.1, 0.15) is 19.3 Å². The maximum atomic E-state index is 13.1. The minimum absolute atomic E-state index is 0.109. The van der Waals surface area contributed by atoms with Crippen molar-refractivity contribution in [2.75, 3.05) is 39.6 Å². The fourth-order valence-electron chi connectivity index (χ4n) is 12.6.